The molecule has 0 fully saturated rings. The first-order valence-corrected chi connectivity index (χ1v) is 5.63. The van der Waals surface area contributed by atoms with Crippen molar-refractivity contribution in [3.63, 3.8) is 0 Å². The first-order valence-electron chi connectivity index (χ1n) is 5.63. The number of aromatic nitrogens is 1. The molecule has 0 radical (unpaired) electrons. The van der Waals surface area contributed by atoms with Crippen LogP contribution in [0.15, 0.2) is 30.5 Å². The van der Waals surface area contributed by atoms with E-state index in [1.165, 1.54) is 10.9 Å². The molecule has 0 aliphatic rings. The van der Waals surface area contributed by atoms with Gasteiger partial charge in [-0.3, -0.25) is 4.79 Å². The second-order valence-electron chi connectivity index (χ2n) is 4.23. The summed E-state index contributed by atoms with van der Waals surface area (Å²) in [5.74, 6) is -0.319. The van der Waals surface area contributed by atoms with Gasteiger partial charge in [0.05, 0.1) is 6.04 Å². The standard InChI is InChI=1S/C13H17N3O/c1-15-11(13(14)17)7-9-8-16(2)12-6-4-3-5-10(9)12/h3-6,8,11,15H,7H2,1-2H3,(H2,14,17). The number of rotatable bonds is 4. The van der Waals surface area contributed by atoms with Crippen molar-refractivity contribution in [3.8, 4) is 0 Å². The van der Waals surface area contributed by atoms with Gasteiger partial charge >= 0.3 is 0 Å². The summed E-state index contributed by atoms with van der Waals surface area (Å²) in [6.07, 6.45) is 2.67. The molecule has 4 heteroatoms. The number of carbonyl (C=O) groups is 1. The molecule has 1 atom stereocenters. The van der Waals surface area contributed by atoms with E-state index in [2.05, 4.69) is 28.2 Å². The smallest absolute Gasteiger partial charge is 0.234 e. The molecule has 0 spiro atoms. The van der Waals surface area contributed by atoms with Gasteiger partial charge in [-0.2, -0.15) is 0 Å². The van der Waals surface area contributed by atoms with Gasteiger partial charge in [0.25, 0.3) is 0 Å². The Morgan fingerprint density at radius 1 is 1.47 bits per heavy atom. The summed E-state index contributed by atoms with van der Waals surface area (Å²) in [6, 6.07) is 7.83. The van der Waals surface area contributed by atoms with E-state index in [1.807, 2.05) is 19.2 Å². The minimum absolute atomic E-state index is 0.319. The van der Waals surface area contributed by atoms with Gasteiger partial charge in [-0.15, -0.1) is 0 Å². The normalized spacial score (nSPS) is 12.8. The molecule has 1 heterocycles. The Bertz CT molecular complexity index is 545. The summed E-state index contributed by atoms with van der Waals surface area (Å²) in [7, 11) is 3.75. The van der Waals surface area contributed by atoms with Gasteiger partial charge in [0.1, 0.15) is 0 Å². The quantitative estimate of drug-likeness (QED) is 0.817. The summed E-state index contributed by atoms with van der Waals surface area (Å²) in [4.78, 5) is 11.2. The Labute approximate surface area is 100 Å². The van der Waals surface area contributed by atoms with E-state index in [1.54, 1.807) is 7.05 Å². The maximum absolute atomic E-state index is 11.2. The second kappa shape index (κ2) is 4.59. The third kappa shape index (κ3) is 2.17. The minimum Gasteiger partial charge on any atom is -0.368 e. The van der Waals surface area contributed by atoms with Gasteiger partial charge in [0.2, 0.25) is 5.91 Å². The molecule has 3 N–H and O–H groups in total. The molecule has 1 aromatic carbocycles. The number of amides is 1. The number of carbonyl (C=O) groups excluding carboxylic acids is 1. The van der Waals surface area contributed by atoms with Gasteiger partial charge in [-0.05, 0) is 25.1 Å². The van der Waals surface area contributed by atoms with E-state index >= 15 is 0 Å². The van der Waals surface area contributed by atoms with E-state index in [4.69, 9.17) is 5.73 Å². The maximum Gasteiger partial charge on any atom is 0.234 e. The number of para-hydroxylation sites is 1. The largest absolute Gasteiger partial charge is 0.368 e. The van der Waals surface area contributed by atoms with Crippen molar-refractivity contribution in [1.29, 1.82) is 0 Å². The summed E-state index contributed by atoms with van der Waals surface area (Å²) in [5, 5.41) is 4.12. The van der Waals surface area contributed by atoms with Crippen LogP contribution in [0.1, 0.15) is 5.56 Å². The molecule has 0 saturated carbocycles. The van der Waals surface area contributed by atoms with Crippen LogP contribution in [0.25, 0.3) is 10.9 Å². The lowest BCUT2D eigenvalue weighted by molar-refractivity contribution is -0.119. The monoisotopic (exact) mass is 231 g/mol. The van der Waals surface area contributed by atoms with Crippen LogP contribution in [-0.4, -0.2) is 23.6 Å². The number of fused-ring (bicyclic) bond motifs is 1. The predicted octanol–water partition coefficient (Wildman–Crippen LogP) is 0.794. The van der Waals surface area contributed by atoms with Crippen molar-refractivity contribution < 1.29 is 4.79 Å². The third-order valence-corrected chi connectivity index (χ3v) is 3.10. The Morgan fingerprint density at radius 2 is 2.18 bits per heavy atom. The zero-order valence-electron chi connectivity index (χ0n) is 10.1. The van der Waals surface area contributed by atoms with Crippen molar-refractivity contribution in [2.45, 2.75) is 12.5 Å². The lowest BCUT2D eigenvalue weighted by Crippen LogP contribution is -2.40. The molecule has 90 valence electrons. The number of nitrogens with zero attached hydrogens (tertiary/aromatic N) is 1. The van der Waals surface area contributed by atoms with Gasteiger partial charge in [-0.1, -0.05) is 18.2 Å². The van der Waals surface area contributed by atoms with E-state index in [0.717, 1.165) is 5.56 Å². The molecule has 1 amide bonds. The highest BCUT2D eigenvalue weighted by Crippen LogP contribution is 2.21. The number of nitrogens with one attached hydrogen (secondary N) is 1. The molecule has 2 rings (SSSR count). The van der Waals surface area contributed by atoms with Gasteiger partial charge in [0, 0.05) is 24.1 Å². The van der Waals surface area contributed by atoms with Gasteiger partial charge < -0.3 is 15.6 Å². The maximum atomic E-state index is 11.2. The van der Waals surface area contributed by atoms with E-state index in [-0.39, 0.29) is 11.9 Å². The number of nitrogens with two attached hydrogens (primary N) is 1. The minimum atomic E-state index is -0.319. The zero-order chi connectivity index (χ0) is 12.4. The second-order valence-corrected chi connectivity index (χ2v) is 4.23. The van der Waals surface area contributed by atoms with Crippen LogP contribution in [0.4, 0.5) is 0 Å². The number of likely N-dealkylation sites (N-methyl/N-ethyl adjacent to an activating group) is 1. The highest BCUT2D eigenvalue weighted by Gasteiger charge is 2.16. The lowest BCUT2D eigenvalue weighted by atomic mass is 10.0. The number of benzene rings is 1. The molecule has 17 heavy (non-hydrogen) atoms. The van der Waals surface area contributed by atoms with E-state index in [0.29, 0.717) is 6.42 Å². The Kier molecular flexibility index (Phi) is 3.15. The summed E-state index contributed by atoms with van der Waals surface area (Å²) < 4.78 is 2.07. The summed E-state index contributed by atoms with van der Waals surface area (Å²) in [5.41, 5.74) is 7.65. The van der Waals surface area contributed by atoms with Crippen molar-refractivity contribution in [1.82, 2.24) is 9.88 Å². The van der Waals surface area contributed by atoms with E-state index < -0.39 is 0 Å². The number of aryl methyl sites for hydroxylation is 1. The van der Waals surface area contributed by atoms with Crippen molar-refractivity contribution in [2.24, 2.45) is 12.8 Å². The van der Waals surface area contributed by atoms with Crippen LogP contribution in [0.3, 0.4) is 0 Å². The fraction of sp³-hybridized carbons (Fsp3) is 0.308. The van der Waals surface area contributed by atoms with Crippen LogP contribution < -0.4 is 11.1 Å². The molecular formula is C13H17N3O. The van der Waals surface area contributed by atoms with Crippen LogP contribution in [-0.2, 0) is 18.3 Å². The molecule has 4 nitrogen and oxygen atoms in total. The highest BCUT2D eigenvalue weighted by molar-refractivity contribution is 5.86. The number of hydrogen-bond donors (Lipinski definition) is 2. The molecule has 1 aromatic heterocycles. The summed E-state index contributed by atoms with van der Waals surface area (Å²) >= 11 is 0. The lowest BCUT2D eigenvalue weighted by Gasteiger charge is -2.10. The number of primary amides is 1. The van der Waals surface area contributed by atoms with E-state index in [9.17, 15) is 4.79 Å². The Balaban J connectivity index is 2.39. The molecule has 0 aliphatic carbocycles. The molecule has 0 aliphatic heterocycles. The van der Waals surface area contributed by atoms with Crippen LogP contribution in [0, 0.1) is 0 Å². The topological polar surface area (TPSA) is 60.1 Å². The Hall–Kier alpha value is -1.81. The molecule has 2 aromatic rings. The zero-order valence-corrected chi connectivity index (χ0v) is 10.1. The predicted molar refractivity (Wildman–Crippen MR) is 68.7 cm³/mol. The van der Waals surface area contributed by atoms with Crippen molar-refractivity contribution in [2.75, 3.05) is 7.05 Å². The molecule has 1 unspecified atom stereocenters. The average molecular weight is 231 g/mol. The van der Waals surface area contributed by atoms with Crippen molar-refractivity contribution in [3.05, 3.63) is 36.0 Å². The molecule has 0 bridgehead atoms. The van der Waals surface area contributed by atoms with Gasteiger partial charge in [-0.25, -0.2) is 0 Å². The van der Waals surface area contributed by atoms with Crippen LogP contribution >= 0.6 is 0 Å². The molecular weight excluding hydrogens is 214 g/mol. The average Bonchev–Trinajstić information content (AvgIpc) is 2.63. The summed E-state index contributed by atoms with van der Waals surface area (Å²) in [6.45, 7) is 0. The van der Waals surface area contributed by atoms with Crippen molar-refractivity contribution >= 4 is 16.8 Å². The van der Waals surface area contributed by atoms with Crippen LogP contribution in [0.2, 0.25) is 0 Å². The van der Waals surface area contributed by atoms with Gasteiger partial charge in [0.15, 0.2) is 0 Å². The third-order valence-electron chi connectivity index (χ3n) is 3.10. The SMILES string of the molecule is CNC(Cc1cn(C)c2ccccc12)C(N)=O. The van der Waals surface area contributed by atoms with Crippen LogP contribution in [0.5, 0.6) is 0 Å². The first kappa shape index (κ1) is 11.7. The fourth-order valence-corrected chi connectivity index (χ4v) is 2.15. The Morgan fingerprint density at radius 3 is 2.82 bits per heavy atom. The highest BCUT2D eigenvalue weighted by atomic mass is 16.1. The first-order chi connectivity index (χ1) is 8.13. The fourth-order valence-electron chi connectivity index (χ4n) is 2.15. The molecule has 0 saturated heterocycles. The number of hydrogen-bond acceptors (Lipinski definition) is 2.